The van der Waals surface area contributed by atoms with Crippen LogP contribution >= 0.6 is 0 Å². The maximum atomic E-state index is 12.2. The van der Waals surface area contributed by atoms with Gasteiger partial charge in [0.25, 0.3) is 0 Å². The maximum Gasteiger partial charge on any atom is 0.321 e. The molecule has 3 rings (SSSR count). The van der Waals surface area contributed by atoms with E-state index < -0.39 is 0 Å². The first kappa shape index (κ1) is 14.8. The minimum atomic E-state index is -0.349. The van der Waals surface area contributed by atoms with E-state index in [0.717, 1.165) is 5.69 Å². The molecule has 2 atom stereocenters. The second-order valence-electron chi connectivity index (χ2n) is 5.43. The van der Waals surface area contributed by atoms with Gasteiger partial charge >= 0.3 is 6.03 Å². The second kappa shape index (κ2) is 6.33. The van der Waals surface area contributed by atoms with Crippen LogP contribution in [0.15, 0.2) is 24.3 Å². The number of rotatable bonds is 3. The predicted molar refractivity (Wildman–Crippen MR) is 83.0 cm³/mol. The van der Waals surface area contributed by atoms with Crippen molar-refractivity contribution in [2.24, 2.45) is 0 Å². The molecule has 0 radical (unpaired) electrons. The molecule has 2 heterocycles. The van der Waals surface area contributed by atoms with E-state index in [4.69, 9.17) is 4.74 Å². The lowest BCUT2D eigenvalue weighted by Crippen LogP contribution is -2.53. The van der Waals surface area contributed by atoms with Crippen molar-refractivity contribution >= 4 is 23.3 Å². The molecule has 7 nitrogen and oxygen atoms in total. The number of nitrogens with zero attached hydrogens (tertiary/aromatic N) is 1. The fourth-order valence-corrected chi connectivity index (χ4v) is 2.69. The Labute approximate surface area is 129 Å². The summed E-state index contributed by atoms with van der Waals surface area (Å²) in [7, 11) is 0. The predicted octanol–water partition coefficient (Wildman–Crippen LogP) is 0.532. The van der Waals surface area contributed by atoms with E-state index in [1.807, 2.05) is 19.1 Å². The van der Waals surface area contributed by atoms with Gasteiger partial charge in [-0.15, -0.1) is 0 Å². The van der Waals surface area contributed by atoms with Crippen molar-refractivity contribution in [3.8, 4) is 0 Å². The van der Waals surface area contributed by atoms with E-state index in [0.29, 0.717) is 31.9 Å². The number of hydrogen-bond donors (Lipinski definition) is 3. The molecule has 0 saturated carbocycles. The highest BCUT2D eigenvalue weighted by molar-refractivity contribution is 5.96. The van der Waals surface area contributed by atoms with Gasteiger partial charge in [0.1, 0.15) is 6.04 Å². The van der Waals surface area contributed by atoms with Crippen LogP contribution in [0.2, 0.25) is 0 Å². The number of ether oxygens (including phenoxy) is 1. The number of hydrogen-bond acceptors (Lipinski definition) is 4. The maximum absolute atomic E-state index is 12.2. The van der Waals surface area contributed by atoms with Crippen molar-refractivity contribution in [3.05, 3.63) is 24.3 Å². The summed E-state index contributed by atoms with van der Waals surface area (Å²) in [5, 5.41) is 8.78. The SMILES string of the molecule is C[C@H]1OCCN[C@@H]1C(=O)Nc1ccc(N2CCNC2=O)cc1. The Balaban J connectivity index is 1.63. The Morgan fingerprint density at radius 3 is 2.73 bits per heavy atom. The van der Waals surface area contributed by atoms with Gasteiger partial charge in [-0.1, -0.05) is 0 Å². The Bertz CT molecular complexity index is 560. The molecular weight excluding hydrogens is 284 g/mol. The van der Waals surface area contributed by atoms with E-state index in [-0.39, 0.29) is 24.1 Å². The first-order chi connectivity index (χ1) is 10.6. The zero-order valence-electron chi connectivity index (χ0n) is 12.5. The number of benzene rings is 1. The van der Waals surface area contributed by atoms with Crippen LogP contribution in [0, 0.1) is 0 Å². The second-order valence-corrected chi connectivity index (χ2v) is 5.43. The van der Waals surface area contributed by atoms with Crippen molar-refractivity contribution in [2.75, 3.05) is 36.5 Å². The topological polar surface area (TPSA) is 82.7 Å². The molecule has 2 saturated heterocycles. The van der Waals surface area contributed by atoms with Gasteiger partial charge in [0.15, 0.2) is 0 Å². The molecule has 0 unspecified atom stereocenters. The van der Waals surface area contributed by atoms with E-state index in [9.17, 15) is 9.59 Å². The zero-order chi connectivity index (χ0) is 15.5. The van der Waals surface area contributed by atoms with Crippen molar-refractivity contribution in [1.29, 1.82) is 0 Å². The monoisotopic (exact) mass is 304 g/mol. The molecule has 0 bridgehead atoms. The highest BCUT2D eigenvalue weighted by Crippen LogP contribution is 2.20. The number of amides is 3. The molecule has 2 aliphatic heterocycles. The molecule has 0 aromatic heterocycles. The number of carbonyl (C=O) groups excluding carboxylic acids is 2. The van der Waals surface area contributed by atoms with E-state index in [1.165, 1.54) is 0 Å². The minimum Gasteiger partial charge on any atom is -0.375 e. The molecule has 0 spiro atoms. The average molecular weight is 304 g/mol. The molecule has 1 aromatic rings. The molecule has 3 amide bonds. The molecule has 3 N–H and O–H groups in total. The number of morpholine rings is 1. The highest BCUT2D eigenvalue weighted by Gasteiger charge is 2.28. The molecule has 118 valence electrons. The van der Waals surface area contributed by atoms with E-state index in [2.05, 4.69) is 16.0 Å². The van der Waals surface area contributed by atoms with Crippen LogP contribution in [-0.2, 0) is 9.53 Å². The third-order valence-corrected chi connectivity index (χ3v) is 3.90. The highest BCUT2D eigenvalue weighted by atomic mass is 16.5. The van der Waals surface area contributed by atoms with Crippen LogP contribution in [0.1, 0.15) is 6.92 Å². The molecule has 2 fully saturated rings. The van der Waals surface area contributed by atoms with Crippen LogP contribution in [0.3, 0.4) is 0 Å². The van der Waals surface area contributed by atoms with Crippen molar-refractivity contribution in [1.82, 2.24) is 10.6 Å². The smallest absolute Gasteiger partial charge is 0.321 e. The Hall–Kier alpha value is -2.12. The summed E-state index contributed by atoms with van der Waals surface area (Å²) in [6.45, 7) is 4.49. The van der Waals surface area contributed by atoms with Gasteiger partial charge < -0.3 is 20.7 Å². The summed E-state index contributed by atoms with van der Waals surface area (Å²) in [5.74, 6) is -0.112. The van der Waals surface area contributed by atoms with Gasteiger partial charge in [0.2, 0.25) is 5.91 Å². The lowest BCUT2D eigenvalue weighted by molar-refractivity contribution is -0.123. The summed E-state index contributed by atoms with van der Waals surface area (Å²) >= 11 is 0. The van der Waals surface area contributed by atoms with Crippen molar-refractivity contribution < 1.29 is 14.3 Å². The number of anilines is 2. The summed E-state index contributed by atoms with van der Waals surface area (Å²) < 4.78 is 5.47. The zero-order valence-corrected chi connectivity index (χ0v) is 12.5. The summed E-state index contributed by atoms with van der Waals surface area (Å²) in [4.78, 5) is 25.5. The fraction of sp³-hybridized carbons (Fsp3) is 0.467. The third-order valence-electron chi connectivity index (χ3n) is 3.90. The number of nitrogens with one attached hydrogen (secondary N) is 3. The molecule has 1 aromatic carbocycles. The van der Waals surface area contributed by atoms with Crippen LogP contribution in [0.4, 0.5) is 16.2 Å². The average Bonchev–Trinajstić information content (AvgIpc) is 2.94. The van der Waals surface area contributed by atoms with Crippen molar-refractivity contribution in [2.45, 2.75) is 19.1 Å². The first-order valence-corrected chi connectivity index (χ1v) is 7.46. The summed E-state index contributed by atoms with van der Waals surface area (Å²) in [6.07, 6.45) is -0.152. The summed E-state index contributed by atoms with van der Waals surface area (Å²) in [6, 6.07) is 6.82. The quantitative estimate of drug-likeness (QED) is 0.761. The van der Waals surface area contributed by atoms with Crippen molar-refractivity contribution in [3.63, 3.8) is 0 Å². The molecule has 7 heteroatoms. The van der Waals surface area contributed by atoms with Gasteiger partial charge in [-0.05, 0) is 31.2 Å². The van der Waals surface area contributed by atoms with Crippen LogP contribution in [-0.4, -0.2) is 50.3 Å². The standard InChI is InChI=1S/C15H20N4O3/c1-10-13(16-7-9-22-10)14(20)18-11-2-4-12(5-3-11)19-8-6-17-15(19)21/h2-5,10,13,16H,6-9H2,1H3,(H,17,21)(H,18,20)/t10-,13+/m1/s1. The minimum absolute atomic E-state index is 0.0887. The molecular formula is C15H20N4O3. The third kappa shape index (κ3) is 3.05. The van der Waals surface area contributed by atoms with E-state index >= 15 is 0 Å². The lowest BCUT2D eigenvalue weighted by atomic mass is 10.1. The molecule has 22 heavy (non-hydrogen) atoms. The van der Waals surface area contributed by atoms with Gasteiger partial charge in [0, 0.05) is 31.0 Å². The van der Waals surface area contributed by atoms with Gasteiger partial charge in [0.05, 0.1) is 12.7 Å². The first-order valence-electron chi connectivity index (χ1n) is 7.46. The normalized spacial score (nSPS) is 25.0. The van der Waals surface area contributed by atoms with E-state index in [1.54, 1.807) is 17.0 Å². The van der Waals surface area contributed by atoms with Crippen LogP contribution in [0.5, 0.6) is 0 Å². The van der Waals surface area contributed by atoms with Gasteiger partial charge in [-0.25, -0.2) is 4.79 Å². The van der Waals surface area contributed by atoms with Gasteiger partial charge in [-0.3, -0.25) is 9.69 Å². The molecule has 0 aliphatic carbocycles. The Morgan fingerprint density at radius 1 is 1.32 bits per heavy atom. The van der Waals surface area contributed by atoms with Crippen LogP contribution in [0.25, 0.3) is 0 Å². The number of carbonyl (C=O) groups is 2. The Morgan fingerprint density at radius 2 is 2.09 bits per heavy atom. The van der Waals surface area contributed by atoms with Gasteiger partial charge in [-0.2, -0.15) is 0 Å². The largest absolute Gasteiger partial charge is 0.375 e. The molecule has 2 aliphatic rings. The summed E-state index contributed by atoms with van der Waals surface area (Å²) in [5.41, 5.74) is 1.52. The fourth-order valence-electron chi connectivity index (χ4n) is 2.69. The number of urea groups is 1. The Kier molecular flexibility index (Phi) is 4.26. The lowest BCUT2D eigenvalue weighted by Gasteiger charge is -2.29. The van der Waals surface area contributed by atoms with Crippen LogP contribution < -0.4 is 20.9 Å².